The number of benzene rings is 3. The molecule has 0 aliphatic rings. The fourth-order valence-electron chi connectivity index (χ4n) is 5.03. The Balaban J connectivity index is 1.38. The van der Waals surface area contributed by atoms with Gasteiger partial charge in [-0.15, -0.1) is 10.2 Å². The lowest BCUT2D eigenvalue weighted by atomic mass is 9.94. The molecule has 0 spiro atoms. The Morgan fingerprint density at radius 2 is 1.58 bits per heavy atom. The summed E-state index contributed by atoms with van der Waals surface area (Å²) in [5.74, 6) is -1.37. The molecule has 3 amide bonds. The number of ether oxygens (including phenoxy) is 1. The maximum atomic E-state index is 13.7. The van der Waals surface area contributed by atoms with Crippen molar-refractivity contribution >= 4 is 23.4 Å². The zero-order valence-corrected chi connectivity index (χ0v) is 26.7. The van der Waals surface area contributed by atoms with E-state index in [1.165, 1.54) is 12.1 Å². The summed E-state index contributed by atoms with van der Waals surface area (Å²) < 4.78 is 5.66. The van der Waals surface area contributed by atoms with Crippen LogP contribution in [-0.4, -0.2) is 67.2 Å². The molecule has 13 heteroatoms. The number of aliphatic hydroxyl groups is 1. The highest BCUT2D eigenvalue weighted by Crippen LogP contribution is 2.22. The monoisotopic (exact) mass is 648 g/mol. The molecule has 3 aromatic carbocycles. The smallest absolute Gasteiger partial charge is 0.270 e. The van der Waals surface area contributed by atoms with Crippen molar-refractivity contribution in [3.05, 3.63) is 120 Å². The first kappa shape index (κ1) is 33.4. The zero-order valence-electron chi connectivity index (χ0n) is 26.7. The Morgan fingerprint density at radius 1 is 0.896 bits per heavy atom. The van der Waals surface area contributed by atoms with E-state index in [-0.39, 0.29) is 30.2 Å². The molecule has 246 valence electrons. The highest BCUT2D eigenvalue weighted by molar-refractivity contribution is 5.99. The second-order valence-corrected chi connectivity index (χ2v) is 11.5. The van der Waals surface area contributed by atoms with Crippen LogP contribution in [0.25, 0.3) is 11.4 Å². The standard InChI is InChI=1S/C35H36N8O5/c1-4-48-26-20-28(37-29(21-26)33(46)39-35(2,3)24-15-9-6-10-16-24)32(45)38-27(18-22-12-7-5-8-13-22)30(44)34(47)36-25-17-11-14-23(19-25)31-40-42-43-41-31/h5-17,19-21,27,30,44H,4,18H2,1-3H3,(H,36,47)(H,38,45)(H,39,46)(H,40,41,42,43)/t27-,30-/m0/s1. The summed E-state index contributed by atoms with van der Waals surface area (Å²) in [5, 5.41) is 33.5. The molecule has 0 bridgehead atoms. The van der Waals surface area contributed by atoms with Gasteiger partial charge in [0.2, 0.25) is 5.82 Å². The Morgan fingerprint density at radius 3 is 2.25 bits per heavy atom. The summed E-state index contributed by atoms with van der Waals surface area (Å²) in [7, 11) is 0. The van der Waals surface area contributed by atoms with Crippen molar-refractivity contribution in [3.8, 4) is 17.1 Å². The van der Waals surface area contributed by atoms with Crippen molar-refractivity contribution in [2.75, 3.05) is 11.9 Å². The molecule has 2 heterocycles. The normalized spacial score (nSPS) is 12.4. The van der Waals surface area contributed by atoms with Crippen molar-refractivity contribution < 1.29 is 24.2 Å². The number of rotatable bonds is 13. The molecule has 2 aromatic heterocycles. The van der Waals surface area contributed by atoms with Gasteiger partial charge in [-0.25, -0.2) is 4.98 Å². The lowest BCUT2D eigenvalue weighted by molar-refractivity contribution is -0.125. The molecule has 13 nitrogen and oxygen atoms in total. The number of tetrazole rings is 1. The van der Waals surface area contributed by atoms with Gasteiger partial charge in [-0.2, -0.15) is 5.21 Å². The van der Waals surface area contributed by atoms with Gasteiger partial charge in [-0.05, 0) is 55.7 Å². The number of nitrogens with one attached hydrogen (secondary N) is 4. The summed E-state index contributed by atoms with van der Waals surface area (Å²) in [6.07, 6.45) is -1.55. The Bertz CT molecular complexity index is 1850. The summed E-state index contributed by atoms with van der Waals surface area (Å²) >= 11 is 0. The van der Waals surface area contributed by atoms with E-state index >= 15 is 0 Å². The van der Waals surface area contributed by atoms with Gasteiger partial charge >= 0.3 is 0 Å². The van der Waals surface area contributed by atoms with Crippen LogP contribution in [0.15, 0.2) is 97.1 Å². The molecule has 5 aromatic rings. The van der Waals surface area contributed by atoms with Gasteiger partial charge in [-0.1, -0.05) is 72.8 Å². The average molecular weight is 649 g/mol. The molecule has 2 atom stereocenters. The third-order valence-electron chi connectivity index (χ3n) is 7.49. The molecular weight excluding hydrogens is 612 g/mol. The van der Waals surface area contributed by atoms with E-state index in [4.69, 9.17) is 4.74 Å². The third-order valence-corrected chi connectivity index (χ3v) is 7.49. The molecular formula is C35H36N8O5. The van der Waals surface area contributed by atoms with Crippen molar-refractivity contribution in [1.29, 1.82) is 0 Å². The van der Waals surface area contributed by atoms with Gasteiger partial charge in [0, 0.05) is 23.4 Å². The molecule has 0 radical (unpaired) electrons. The molecule has 0 unspecified atom stereocenters. The lowest BCUT2D eigenvalue weighted by Gasteiger charge is -2.27. The number of H-pyrrole nitrogens is 1. The van der Waals surface area contributed by atoms with Gasteiger partial charge < -0.3 is 25.8 Å². The van der Waals surface area contributed by atoms with Crippen LogP contribution in [0.5, 0.6) is 5.75 Å². The number of carbonyl (C=O) groups excluding carboxylic acids is 3. The van der Waals surface area contributed by atoms with Crippen molar-refractivity contribution in [3.63, 3.8) is 0 Å². The lowest BCUT2D eigenvalue weighted by Crippen LogP contribution is -2.50. The van der Waals surface area contributed by atoms with Gasteiger partial charge in [-0.3, -0.25) is 14.4 Å². The summed E-state index contributed by atoms with van der Waals surface area (Å²) in [6, 6.07) is 27.1. The molecule has 0 aliphatic carbocycles. The van der Waals surface area contributed by atoms with Crippen molar-refractivity contribution in [2.45, 2.75) is 44.9 Å². The highest BCUT2D eigenvalue weighted by atomic mass is 16.5. The molecule has 5 rings (SSSR count). The Hall–Kier alpha value is -5.95. The van der Waals surface area contributed by atoms with Gasteiger partial charge in [0.15, 0.2) is 6.10 Å². The quantitative estimate of drug-likeness (QED) is 0.127. The first-order valence-corrected chi connectivity index (χ1v) is 15.3. The van der Waals surface area contributed by atoms with E-state index in [1.807, 2.05) is 74.5 Å². The fraction of sp³-hybridized carbons (Fsp3) is 0.229. The number of nitrogens with zero attached hydrogens (tertiary/aromatic N) is 4. The summed E-state index contributed by atoms with van der Waals surface area (Å²) in [6.45, 7) is 5.79. The molecule has 0 saturated carbocycles. The number of anilines is 1. The predicted molar refractivity (Wildman–Crippen MR) is 178 cm³/mol. The maximum absolute atomic E-state index is 13.7. The third kappa shape index (κ3) is 8.44. The van der Waals surface area contributed by atoms with E-state index in [9.17, 15) is 19.5 Å². The van der Waals surface area contributed by atoms with E-state index in [0.29, 0.717) is 17.1 Å². The van der Waals surface area contributed by atoms with Crippen LogP contribution >= 0.6 is 0 Å². The number of aliphatic hydroxyl groups excluding tert-OH is 1. The molecule has 0 aliphatic heterocycles. The van der Waals surface area contributed by atoms with Crippen LogP contribution in [0.3, 0.4) is 0 Å². The van der Waals surface area contributed by atoms with E-state index < -0.39 is 35.4 Å². The number of hydrogen-bond acceptors (Lipinski definition) is 9. The van der Waals surface area contributed by atoms with Crippen molar-refractivity contribution in [2.24, 2.45) is 0 Å². The van der Waals surface area contributed by atoms with Crippen LogP contribution in [0.2, 0.25) is 0 Å². The maximum Gasteiger partial charge on any atom is 0.270 e. The molecule has 48 heavy (non-hydrogen) atoms. The molecule has 0 saturated heterocycles. The predicted octanol–water partition coefficient (Wildman–Crippen LogP) is 3.67. The molecule has 0 fully saturated rings. The minimum absolute atomic E-state index is 0.0329. The first-order valence-electron chi connectivity index (χ1n) is 15.3. The Labute approximate surface area is 277 Å². The number of carbonyl (C=O) groups is 3. The van der Waals surface area contributed by atoms with Crippen LogP contribution in [0, 0.1) is 0 Å². The van der Waals surface area contributed by atoms with E-state index in [1.54, 1.807) is 31.2 Å². The van der Waals surface area contributed by atoms with E-state index in [0.717, 1.165) is 11.1 Å². The summed E-state index contributed by atoms with van der Waals surface area (Å²) in [4.78, 5) is 44.8. The highest BCUT2D eigenvalue weighted by Gasteiger charge is 2.30. The van der Waals surface area contributed by atoms with Crippen LogP contribution in [0.1, 0.15) is 52.9 Å². The van der Waals surface area contributed by atoms with Crippen molar-refractivity contribution in [1.82, 2.24) is 36.2 Å². The van der Waals surface area contributed by atoms with Gasteiger partial charge in [0.1, 0.15) is 17.1 Å². The first-order chi connectivity index (χ1) is 23.1. The zero-order chi connectivity index (χ0) is 34.1. The number of aromatic amines is 1. The van der Waals surface area contributed by atoms with E-state index in [2.05, 4.69) is 41.6 Å². The fourth-order valence-corrected chi connectivity index (χ4v) is 5.03. The SMILES string of the molecule is CCOc1cc(C(=O)N[C@@H](Cc2ccccc2)[C@H](O)C(=O)Nc2cccc(-c3nn[nH]n3)c2)nc(C(=O)NC(C)(C)c2ccccc2)c1. The number of aromatic nitrogens is 5. The molecule has 5 N–H and O–H groups in total. The van der Waals surface area contributed by atoms with Gasteiger partial charge in [0.05, 0.1) is 18.2 Å². The summed E-state index contributed by atoms with van der Waals surface area (Å²) in [5.41, 5.74) is 1.73. The Kier molecular flexibility index (Phi) is 10.5. The average Bonchev–Trinajstić information content (AvgIpc) is 3.64. The number of pyridine rings is 1. The van der Waals surface area contributed by atoms with Crippen LogP contribution in [0.4, 0.5) is 5.69 Å². The van der Waals surface area contributed by atoms with Crippen LogP contribution < -0.4 is 20.7 Å². The topological polar surface area (TPSA) is 184 Å². The minimum atomic E-state index is -1.67. The van der Waals surface area contributed by atoms with Crippen LogP contribution in [-0.2, 0) is 16.8 Å². The second-order valence-electron chi connectivity index (χ2n) is 11.5. The number of hydrogen-bond donors (Lipinski definition) is 5. The van der Waals surface area contributed by atoms with Gasteiger partial charge in [0.25, 0.3) is 17.7 Å². The second kappa shape index (κ2) is 15.1. The minimum Gasteiger partial charge on any atom is -0.494 e. The largest absolute Gasteiger partial charge is 0.494 e. The number of amides is 3.